The van der Waals surface area contributed by atoms with Gasteiger partial charge in [-0.25, -0.2) is 9.37 Å². The zero-order valence-electron chi connectivity index (χ0n) is 13.8. The van der Waals surface area contributed by atoms with Crippen LogP contribution in [-0.2, 0) is 6.54 Å². The van der Waals surface area contributed by atoms with Gasteiger partial charge in [-0.2, -0.15) is 0 Å². The van der Waals surface area contributed by atoms with Gasteiger partial charge in [-0.15, -0.1) is 0 Å². The summed E-state index contributed by atoms with van der Waals surface area (Å²) in [5.41, 5.74) is 1.30. The molecular formula is C19H19FN4O. The van der Waals surface area contributed by atoms with E-state index in [1.807, 2.05) is 30.3 Å². The molecule has 0 unspecified atom stereocenters. The van der Waals surface area contributed by atoms with Crippen molar-refractivity contribution in [2.45, 2.75) is 6.54 Å². The Morgan fingerprint density at radius 2 is 1.76 bits per heavy atom. The summed E-state index contributed by atoms with van der Waals surface area (Å²) in [5, 5.41) is 0. The van der Waals surface area contributed by atoms with Crippen molar-refractivity contribution >= 4 is 11.5 Å². The van der Waals surface area contributed by atoms with Crippen LogP contribution in [0.5, 0.6) is 0 Å². The smallest absolute Gasteiger partial charge is 0.259 e. The minimum absolute atomic E-state index is 0.0746. The summed E-state index contributed by atoms with van der Waals surface area (Å²) < 4.78 is 15.3. The van der Waals surface area contributed by atoms with E-state index in [0.717, 1.165) is 31.7 Å². The molecule has 0 atom stereocenters. The summed E-state index contributed by atoms with van der Waals surface area (Å²) in [7, 11) is 0. The monoisotopic (exact) mass is 338 g/mol. The van der Waals surface area contributed by atoms with Crippen LogP contribution in [0.4, 0.5) is 10.2 Å². The second kappa shape index (κ2) is 6.64. The molecule has 3 aromatic rings. The normalized spacial score (nSPS) is 15.6. The van der Waals surface area contributed by atoms with Crippen molar-refractivity contribution in [2.24, 2.45) is 0 Å². The molecule has 3 heterocycles. The minimum Gasteiger partial charge on any atom is -0.354 e. The third kappa shape index (κ3) is 3.25. The first-order chi connectivity index (χ1) is 12.2. The van der Waals surface area contributed by atoms with Crippen molar-refractivity contribution in [1.29, 1.82) is 0 Å². The number of benzene rings is 1. The number of rotatable bonds is 3. The average Bonchev–Trinajstić information content (AvgIpc) is 2.64. The summed E-state index contributed by atoms with van der Waals surface area (Å²) in [6, 6.07) is 14.0. The topological polar surface area (TPSA) is 40.9 Å². The molecule has 1 fully saturated rings. The van der Waals surface area contributed by atoms with Crippen LogP contribution in [0.2, 0.25) is 0 Å². The molecule has 128 valence electrons. The van der Waals surface area contributed by atoms with Gasteiger partial charge in [0.1, 0.15) is 17.3 Å². The number of hydrogen-bond donors (Lipinski definition) is 0. The van der Waals surface area contributed by atoms with Crippen molar-refractivity contribution < 1.29 is 4.39 Å². The van der Waals surface area contributed by atoms with Crippen LogP contribution in [0.3, 0.4) is 0 Å². The highest BCUT2D eigenvalue weighted by molar-refractivity contribution is 5.48. The van der Waals surface area contributed by atoms with Gasteiger partial charge in [0.25, 0.3) is 5.56 Å². The molecule has 1 aliphatic heterocycles. The number of nitrogens with zero attached hydrogens (tertiary/aromatic N) is 4. The number of anilines is 1. The van der Waals surface area contributed by atoms with Crippen molar-refractivity contribution in [1.82, 2.24) is 14.3 Å². The number of aromatic nitrogens is 2. The van der Waals surface area contributed by atoms with Crippen molar-refractivity contribution in [3.05, 3.63) is 76.5 Å². The number of piperazine rings is 1. The van der Waals surface area contributed by atoms with E-state index in [-0.39, 0.29) is 11.4 Å². The number of hydrogen-bond acceptors (Lipinski definition) is 4. The maximum absolute atomic E-state index is 13.8. The maximum Gasteiger partial charge on any atom is 0.259 e. The summed E-state index contributed by atoms with van der Waals surface area (Å²) in [5.74, 6) is 0.552. The molecule has 0 aliphatic carbocycles. The molecule has 25 heavy (non-hydrogen) atoms. The van der Waals surface area contributed by atoms with Crippen LogP contribution in [0.15, 0.2) is 59.5 Å². The largest absolute Gasteiger partial charge is 0.354 e. The molecule has 6 heteroatoms. The molecule has 0 radical (unpaired) electrons. The molecule has 0 bridgehead atoms. The molecule has 0 amide bonds. The lowest BCUT2D eigenvalue weighted by Crippen LogP contribution is -2.46. The van der Waals surface area contributed by atoms with E-state index in [0.29, 0.717) is 18.0 Å². The Labute approximate surface area is 145 Å². The lowest BCUT2D eigenvalue weighted by Gasteiger charge is -2.35. The van der Waals surface area contributed by atoms with Gasteiger partial charge in [0.2, 0.25) is 0 Å². The van der Waals surface area contributed by atoms with Crippen LogP contribution in [-0.4, -0.2) is 40.5 Å². The van der Waals surface area contributed by atoms with E-state index in [4.69, 9.17) is 0 Å². The first kappa shape index (κ1) is 15.8. The fourth-order valence-corrected chi connectivity index (χ4v) is 3.21. The van der Waals surface area contributed by atoms with Gasteiger partial charge >= 0.3 is 0 Å². The Morgan fingerprint density at radius 3 is 2.56 bits per heavy atom. The second-order valence-electron chi connectivity index (χ2n) is 6.24. The molecule has 1 aromatic carbocycles. The second-order valence-corrected chi connectivity index (χ2v) is 6.24. The molecule has 4 rings (SSSR count). The summed E-state index contributed by atoms with van der Waals surface area (Å²) in [6.45, 7) is 3.76. The van der Waals surface area contributed by atoms with Crippen LogP contribution >= 0.6 is 0 Å². The van der Waals surface area contributed by atoms with Crippen LogP contribution in [0, 0.1) is 5.82 Å². The molecule has 0 saturated carbocycles. The number of fused-ring (bicyclic) bond motifs is 1. The molecule has 0 spiro atoms. The Balaban J connectivity index is 1.47. The highest BCUT2D eigenvalue weighted by atomic mass is 19.1. The van der Waals surface area contributed by atoms with E-state index < -0.39 is 0 Å². The van der Waals surface area contributed by atoms with Gasteiger partial charge in [0.05, 0.1) is 0 Å². The van der Waals surface area contributed by atoms with E-state index in [1.54, 1.807) is 18.3 Å². The summed E-state index contributed by atoms with van der Waals surface area (Å²) >= 11 is 0. The lowest BCUT2D eigenvalue weighted by molar-refractivity contribution is 0.246. The standard InChI is InChI=1S/C19H19FN4O/c20-16-6-2-1-5-15(16)14-22-9-11-23(12-10-22)18-13-19(25)24-8-4-3-7-17(24)21-18/h1-8,13H,9-12,14H2. The van der Waals surface area contributed by atoms with E-state index in [9.17, 15) is 9.18 Å². The first-order valence-electron chi connectivity index (χ1n) is 8.40. The van der Waals surface area contributed by atoms with Crippen molar-refractivity contribution in [2.75, 3.05) is 31.1 Å². The fraction of sp³-hybridized carbons (Fsp3) is 0.263. The predicted molar refractivity (Wildman–Crippen MR) is 95.4 cm³/mol. The molecule has 2 aromatic heterocycles. The Kier molecular flexibility index (Phi) is 4.19. The Bertz CT molecular complexity index is 947. The van der Waals surface area contributed by atoms with Crippen molar-refractivity contribution in [3.63, 3.8) is 0 Å². The van der Waals surface area contributed by atoms with E-state index in [1.165, 1.54) is 10.5 Å². The number of pyridine rings is 1. The van der Waals surface area contributed by atoms with Gasteiger partial charge in [0, 0.05) is 50.6 Å². The molecule has 1 saturated heterocycles. The molecule has 5 nitrogen and oxygen atoms in total. The zero-order chi connectivity index (χ0) is 17.2. The third-order valence-electron chi connectivity index (χ3n) is 4.61. The first-order valence-corrected chi connectivity index (χ1v) is 8.40. The highest BCUT2D eigenvalue weighted by Crippen LogP contribution is 2.16. The predicted octanol–water partition coefficient (Wildman–Crippen LogP) is 2.16. The van der Waals surface area contributed by atoms with Crippen LogP contribution in [0.25, 0.3) is 5.65 Å². The molecule has 1 aliphatic rings. The van der Waals surface area contributed by atoms with E-state index in [2.05, 4.69) is 14.8 Å². The third-order valence-corrected chi connectivity index (χ3v) is 4.61. The van der Waals surface area contributed by atoms with Gasteiger partial charge in [-0.05, 0) is 18.2 Å². The summed E-state index contributed by atoms with van der Waals surface area (Å²) in [4.78, 5) is 21.2. The average molecular weight is 338 g/mol. The SMILES string of the molecule is O=c1cc(N2CCN(Cc3ccccc3F)CC2)nc2ccccn12. The zero-order valence-corrected chi connectivity index (χ0v) is 13.8. The maximum atomic E-state index is 13.8. The number of halogens is 1. The van der Waals surface area contributed by atoms with Gasteiger partial charge in [0.15, 0.2) is 0 Å². The lowest BCUT2D eigenvalue weighted by atomic mass is 10.2. The van der Waals surface area contributed by atoms with Gasteiger partial charge in [-0.1, -0.05) is 24.3 Å². The fourth-order valence-electron chi connectivity index (χ4n) is 3.21. The minimum atomic E-state index is -0.158. The van der Waals surface area contributed by atoms with Crippen LogP contribution in [0.1, 0.15) is 5.56 Å². The Morgan fingerprint density at radius 1 is 1.00 bits per heavy atom. The quantitative estimate of drug-likeness (QED) is 0.734. The molecule has 0 N–H and O–H groups in total. The highest BCUT2D eigenvalue weighted by Gasteiger charge is 2.19. The summed E-state index contributed by atoms with van der Waals surface area (Å²) in [6.07, 6.45) is 1.72. The molecular weight excluding hydrogens is 319 g/mol. The van der Waals surface area contributed by atoms with Crippen molar-refractivity contribution in [3.8, 4) is 0 Å². The van der Waals surface area contributed by atoms with Gasteiger partial charge < -0.3 is 4.90 Å². The van der Waals surface area contributed by atoms with E-state index >= 15 is 0 Å². The van der Waals surface area contributed by atoms with Crippen LogP contribution < -0.4 is 10.5 Å². The Hall–Kier alpha value is -2.73. The van der Waals surface area contributed by atoms with Gasteiger partial charge in [-0.3, -0.25) is 14.1 Å².